The van der Waals surface area contributed by atoms with Gasteiger partial charge in [0.05, 0.1) is 17.0 Å². The molecule has 0 bridgehead atoms. The third kappa shape index (κ3) is 4.32. The number of carbonyl (C=O) groups excluding carboxylic acids is 2. The summed E-state index contributed by atoms with van der Waals surface area (Å²) >= 11 is 7.44. The second kappa shape index (κ2) is 7.42. The second-order valence-electron chi connectivity index (χ2n) is 4.73. The number of halogens is 1. The summed E-state index contributed by atoms with van der Waals surface area (Å²) in [5.41, 5.74) is 0.579. The number of ether oxygens (including phenoxy) is 1. The number of carbonyl (C=O) groups is 2. The maximum absolute atomic E-state index is 11.9. The Bertz CT molecular complexity index is 696. The number of nitrogens with one attached hydrogen (secondary N) is 1. The number of rotatable bonds is 6. The Hall–Kier alpha value is -1.85. The van der Waals surface area contributed by atoms with E-state index in [-0.39, 0.29) is 24.5 Å². The Morgan fingerprint density at radius 3 is 2.59 bits per heavy atom. The minimum absolute atomic E-state index is 0.0130. The van der Waals surface area contributed by atoms with Crippen molar-refractivity contribution in [3.8, 4) is 5.75 Å². The molecule has 0 aliphatic carbocycles. The average Bonchev–Trinajstić information content (AvgIpc) is 2.91. The summed E-state index contributed by atoms with van der Waals surface area (Å²) in [6.45, 7) is 1.95. The summed E-state index contributed by atoms with van der Waals surface area (Å²) in [6, 6.07) is 8.69. The first-order chi connectivity index (χ1) is 10.5. The SMILES string of the molecule is COc1ccc(NC(=O)CCC(=O)c2ccc(C)s2)cc1Cl. The molecule has 0 radical (unpaired) electrons. The van der Waals surface area contributed by atoms with Crippen LogP contribution in [-0.4, -0.2) is 18.8 Å². The fourth-order valence-electron chi connectivity index (χ4n) is 1.90. The number of thiophene rings is 1. The third-order valence-corrected chi connectivity index (χ3v) is 4.37. The Morgan fingerprint density at radius 1 is 1.23 bits per heavy atom. The van der Waals surface area contributed by atoms with Gasteiger partial charge in [-0.1, -0.05) is 11.6 Å². The quantitative estimate of drug-likeness (QED) is 0.799. The lowest BCUT2D eigenvalue weighted by atomic mass is 10.2. The zero-order valence-electron chi connectivity index (χ0n) is 12.3. The van der Waals surface area contributed by atoms with Crippen LogP contribution in [0.3, 0.4) is 0 Å². The van der Waals surface area contributed by atoms with Crippen LogP contribution in [0.15, 0.2) is 30.3 Å². The van der Waals surface area contributed by atoms with Crippen LogP contribution in [0, 0.1) is 6.92 Å². The molecule has 2 aromatic rings. The number of anilines is 1. The van der Waals surface area contributed by atoms with E-state index in [9.17, 15) is 9.59 Å². The standard InChI is InChI=1S/C16H16ClNO3S/c1-10-3-7-15(22-10)13(19)5-8-16(20)18-11-4-6-14(21-2)12(17)9-11/h3-4,6-7,9H,5,8H2,1-2H3,(H,18,20). The molecule has 1 aromatic heterocycles. The molecule has 0 aliphatic rings. The molecular weight excluding hydrogens is 322 g/mol. The molecule has 4 nitrogen and oxygen atoms in total. The third-order valence-electron chi connectivity index (χ3n) is 3.03. The fraction of sp³-hybridized carbons (Fsp3) is 0.250. The molecule has 0 fully saturated rings. The molecule has 0 spiro atoms. The van der Waals surface area contributed by atoms with Gasteiger partial charge in [-0.3, -0.25) is 9.59 Å². The number of ketones is 1. The fourth-order valence-corrected chi connectivity index (χ4v) is 2.99. The Morgan fingerprint density at radius 2 is 2.00 bits per heavy atom. The van der Waals surface area contributed by atoms with Crippen LogP contribution >= 0.6 is 22.9 Å². The smallest absolute Gasteiger partial charge is 0.224 e. The van der Waals surface area contributed by atoms with Gasteiger partial charge < -0.3 is 10.1 Å². The van der Waals surface area contributed by atoms with E-state index in [0.717, 1.165) is 4.88 Å². The van der Waals surface area contributed by atoms with E-state index in [1.165, 1.54) is 18.4 Å². The van der Waals surface area contributed by atoms with Gasteiger partial charge >= 0.3 is 0 Å². The number of benzene rings is 1. The molecule has 0 saturated carbocycles. The van der Waals surface area contributed by atoms with Crippen LogP contribution in [0.25, 0.3) is 0 Å². The number of hydrogen-bond donors (Lipinski definition) is 1. The molecular formula is C16H16ClNO3S. The van der Waals surface area contributed by atoms with Crippen molar-refractivity contribution >= 4 is 40.3 Å². The Balaban J connectivity index is 1.88. The number of methoxy groups -OCH3 is 1. The molecule has 0 atom stereocenters. The first-order valence-electron chi connectivity index (χ1n) is 6.72. The van der Waals surface area contributed by atoms with Crippen molar-refractivity contribution in [3.05, 3.63) is 45.1 Å². The number of hydrogen-bond acceptors (Lipinski definition) is 4. The maximum atomic E-state index is 11.9. The van der Waals surface area contributed by atoms with Gasteiger partial charge in [0.15, 0.2) is 5.78 Å². The summed E-state index contributed by atoms with van der Waals surface area (Å²) in [5.74, 6) is 0.312. The van der Waals surface area contributed by atoms with E-state index in [1.807, 2.05) is 13.0 Å². The highest BCUT2D eigenvalue weighted by Crippen LogP contribution is 2.27. The topological polar surface area (TPSA) is 55.4 Å². The van der Waals surface area contributed by atoms with E-state index < -0.39 is 0 Å². The molecule has 1 amide bonds. The molecule has 2 rings (SSSR count). The van der Waals surface area contributed by atoms with Crippen molar-refractivity contribution in [2.75, 3.05) is 12.4 Å². The molecule has 6 heteroatoms. The van der Waals surface area contributed by atoms with Gasteiger partial charge in [0.25, 0.3) is 0 Å². The number of Topliss-reactive ketones (excluding diaryl/α,β-unsaturated/α-hetero) is 1. The summed E-state index contributed by atoms with van der Waals surface area (Å²) < 4.78 is 5.05. The van der Waals surface area contributed by atoms with Gasteiger partial charge in [-0.2, -0.15) is 0 Å². The lowest BCUT2D eigenvalue weighted by Crippen LogP contribution is -2.13. The highest BCUT2D eigenvalue weighted by Gasteiger charge is 2.12. The largest absolute Gasteiger partial charge is 0.495 e. The second-order valence-corrected chi connectivity index (χ2v) is 6.43. The molecule has 0 unspecified atom stereocenters. The van der Waals surface area contributed by atoms with Gasteiger partial charge in [0, 0.05) is 23.4 Å². The van der Waals surface area contributed by atoms with Crippen LogP contribution in [0.5, 0.6) is 5.75 Å². The van der Waals surface area contributed by atoms with Crippen molar-refractivity contribution in [2.45, 2.75) is 19.8 Å². The highest BCUT2D eigenvalue weighted by atomic mass is 35.5. The van der Waals surface area contributed by atoms with E-state index in [4.69, 9.17) is 16.3 Å². The van der Waals surface area contributed by atoms with Crippen LogP contribution in [0.2, 0.25) is 5.02 Å². The van der Waals surface area contributed by atoms with E-state index in [1.54, 1.807) is 24.3 Å². The van der Waals surface area contributed by atoms with Crippen molar-refractivity contribution in [3.63, 3.8) is 0 Å². The Kier molecular flexibility index (Phi) is 5.57. The van der Waals surface area contributed by atoms with Gasteiger partial charge in [0.2, 0.25) is 5.91 Å². The predicted molar refractivity (Wildman–Crippen MR) is 89.3 cm³/mol. The molecule has 1 heterocycles. The number of aryl methyl sites for hydroxylation is 1. The molecule has 0 aliphatic heterocycles. The van der Waals surface area contributed by atoms with Crippen LogP contribution in [0.4, 0.5) is 5.69 Å². The molecule has 1 N–H and O–H groups in total. The molecule has 0 saturated heterocycles. The van der Waals surface area contributed by atoms with Gasteiger partial charge in [-0.15, -0.1) is 11.3 Å². The summed E-state index contributed by atoms with van der Waals surface area (Å²) in [5, 5.41) is 3.14. The van der Waals surface area contributed by atoms with Gasteiger partial charge in [-0.05, 0) is 37.3 Å². The van der Waals surface area contributed by atoms with E-state index in [2.05, 4.69) is 5.32 Å². The van der Waals surface area contributed by atoms with Gasteiger partial charge in [-0.25, -0.2) is 0 Å². The summed E-state index contributed by atoms with van der Waals surface area (Å²) in [6.07, 6.45) is 0.328. The van der Waals surface area contributed by atoms with Crippen LogP contribution in [0.1, 0.15) is 27.4 Å². The van der Waals surface area contributed by atoms with E-state index in [0.29, 0.717) is 21.3 Å². The van der Waals surface area contributed by atoms with Crippen LogP contribution < -0.4 is 10.1 Å². The lowest BCUT2D eigenvalue weighted by Gasteiger charge is -2.07. The normalized spacial score (nSPS) is 10.3. The first-order valence-corrected chi connectivity index (χ1v) is 7.92. The average molecular weight is 338 g/mol. The van der Waals surface area contributed by atoms with Gasteiger partial charge in [0.1, 0.15) is 5.75 Å². The Labute approximate surface area is 138 Å². The molecule has 22 heavy (non-hydrogen) atoms. The minimum atomic E-state index is -0.220. The maximum Gasteiger partial charge on any atom is 0.224 e. The molecule has 116 valence electrons. The summed E-state index contributed by atoms with van der Waals surface area (Å²) in [7, 11) is 1.53. The van der Waals surface area contributed by atoms with E-state index >= 15 is 0 Å². The monoisotopic (exact) mass is 337 g/mol. The van der Waals surface area contributed by atoms with Crippen LogP contribution in [-0.2, 0) is 4.79 Å². The minimum Gasteiger partial charge on any atom is -0.495 e. The lowest BCUT2D eigenvalue weighted by molar-refractivity contribution is -0.116. The summed E-state index contributed by atoms with van der Waals surface area (Å²) in [4.78, 5) is 25.6. The van der Waals surface area contributed by atoms with Crippen molar-refractivity contribution in [2.24, 2.45) is 0 Å². The predicted octanol–water partition coefficient (Wildman–Crippen LogP) is 4.32. The van der Waals surface area contributed by atoms with Crippen molar-refractivity contribution in [1.29, 1.82) is 0 Å². The first kappa shape index (κ1) is 16.5. The van der Waals surface area contributed by atoms with Crippen molar-refractivity contribution < 1.29 is 14.3 Å². The zero-order valence-corrected chi connectivity index (χ0v) is 13.9. The molecule has 1 aromatic carbocycles. The van der Waals surface area contributed by atoms with Crippen molar-refractivity contribution in [1.82, 2.24) is 0 Å². The zero-order chi connectivity index (χ0) is 16.1. The highest BCUT2D eigenvalue weighted by molar-refractivity contribution is 7.14. The number of amides is 1.